The van der Waals surface area contributed by atoms with Gasteiger partial charge in [0.1, 0.15) is 10.1 Å². The fourth-order valence-corrected chi connectivity index (χ4v) is 3.40. The van der Waals surface area contributed by atoms with Gasteiger partial charge < -0.3 is 4.74 Å². The van der Waals surface area contributed by atoms with Crippen LogP contribution in [0.1, 0.15) is 10.4 Å². The average Bonchev–Trinajstić information content (AvgIpc) is 2.89. The molecular weight excluding hydrogens is 334 g/mol. The normalized spacial score (nSPS) is 10.3. The van der Waals surface area contributed by atoms with Gasteiger partial charge in [0.05, 0.1) is 17.3 Å². The minimum absolute atomic E-state index is 0.0820. The van der Waals surface area contributed by atoms with Crippen molar-refractivity contribution in [1.29, 1.82) is 0 Å². The summed E-state index contributed by atoms with van der Waals surface area (Å²) in [6.07, 6.45) is 1.74. The molecule has 0 fully saturated rings. The molecule has 1 aromatic heterocycles. The van der Waals surface area contributed by atoms with Gasteiger partial charge in [-0.1, -0.05) is 11.8 Å². The molecule has 0 radical (unpaired) electrons. The minimum atomic E-state index is 0.0820. The zero-order chi connectivity index (χ0) is 13.0. The lowest BCUT2D eigenvalue weighted by atomic mass is 10.1. The first-order chi connectivity index (χ1) is 8.70. The summed E-state index contributed by atoms with van der Waals surface area (Å²) in [5, 5.41) is 1.90. The number of nitrogens with zero attached hydrogens (tertiary/aromatic N) is 1. The number of carbonyl (C=O) groups is 1. The van der Waals surface area contributed by atoms with Crippen LogP contribution >= 0.6 is 39.0 Å². The van der Waals surface area contributed by atoms with E-state index in [0.29, 0.717) is 11.3 Å². The molecule has 3 nitrogen and oxygen atoms in total. The van der Waals surface area contributed by atoms with Crippen molar-refractivity contribution in [2.45, 2.75) is 4.34 Å². The van der Waals surface area contributed by atoms with Crippen molar-refractivity contribution in [3.8, 4) is 5.75 Å². The van der Waals surface area contributed by atoms with Crippen molar-refractivity contribution < 1.29 is 9.53 Å². The second-order valence-electron chi connectivity index (χ2n) is 3.36. The number of aromatic nitrogens is 1. The summed E-state index contributed by atoms with van der Waals surface area (Å²) in [6, 6.07) is 5.34. The number of methoxy groups -OCH3 is 1. The summed E-state index contributed by atoms with van der Waals surface area (Å²) < 4.78 is 6.83. The Morgan fingerprint density at radius 3 is 3.00 bits per heavy atom. The SMILES string of the molecule is COc1ccc(C(=O)CSc2nccs2)cc1Br. The smallest absolute Gasteiger partial charge is 0.173 e. The van der Waals surface area contributed by atoms with Crippen LogP contribution in [0.4, 0.5) is 0 Å². The van der Waals surface area contributed by atoms with Gasteiger partial charge >= 0.3 is 0 Å². The largest absolute Gasteiger partial charge is 0.496 e. The van der Waals surface area contributed by atoms with Crippen molar-refractivity contribution in [3.05, 3.63) is 39.8 Å². The van der Waals surface area contributed by atoms with E-state index in [1.807, 2.05) is 5.38 Å². The van der Waals surface area contributed by atoms with Crippen molar-refractivity contribution in [2.75, 3.05) is 12.9 Å². The van der Waals surface area contributed by atoms with Gasteiger partial charge in [0.25, 0.3) is 0 Å². The maximum atomic E-state index is 12.0. The van der Waals surface area contributed by atoms with E-state index in [9.17, 15) is 4.79 Å². The van der Waals surface area contributed by atoms with Crippen LogP contribution < -0.4 is 4.74 Å². The fraction of sp³-hybridized carbons (Fsp3) is 0.167. The number of thiazole rings is 1. The monoisotopic (exact) mass is 343 g/mol. The summed E-state index contributed by atoms with van der Waals surface area (Å²) >= 11 is 6.37. The Morgan fingerprint density at radius 1 is 1.56 bits per heavy atom. The summed E-state index contributed by atoms with van der Waals surface area (Å²) in [6.45, 7) is 0. The summed E-state index contributed by atoms with van der Waals surface area (Å²) in [7, 11) is 1.60. The summed E-state index contributed by atoms with van der Waals surface area (Å²) in [5.74, 6) is 1.20. The third-order valence-electron chi connectivity index (χ3n) is 2.21. The maximum Gasteiger partial charge on any atom is 0.173 e. The highest BCUT2D eigenvalue weighted by molar-refractivity contribution is 9.10. The van der Waals surface area contributed by atoms with Crippen LogP contribution in [0.5, 0.6) is 5.75 Å². The Kier molecular flexibility index (Phi) is 4.79. The van der Waals surface area contributed by atoms with Gasteiger partial charge in [0, 0.05) is 17.1 Å². The molecule has 1 aromatic carbocycles. The van der Waals surface area contributed by atoms with Crippen molar-refractivity contribution >= 4 is 44.8 Å². The molecule has 18 heavy (non-hydrogen) atoms. The van der Waals surface area contributed by atoms with E-state index < -0.39 is 0 Å². The van der Waals surface area contributed by atoms with E-state index >= 15 is 0 Å². The van der Waals surface area contributed by atoms with E-state index in [-0.39, 0.29) is 5.78 Å². The third kappa shape index (κ3) is 3.34. The van der Waals surface area contributed by atoms with E-state index in [0.717, 1.165) is 14.6 Å². The van der Waals surface area contributed by atoms with Crippen molar-refractivity contribution in [3.63, 3.8) is 0 Å². The molecule has 0 saturated carbocycles. The zero-order valence-corrected chi connectivity index (χ0v) is 12.8. The predicted molar refractivity (Wildman–Crippen MR) is 77.9 cm³/mol. The Labute approximate surface area is 122 Å². The van der Waals surface area contributed by atoms with E-state index in [1.54, 1.807) is 31.5 Å². The van der Waals surface area contributed by atoms with Crippen LogP contribution in [0.25, 0.3) is 0 Å². The lowest BCUT2D eigenvalue weighted by Gasteiger charge is -2.05. The summed E-state index contributed by atoms with van der Waals surface area (Å²) in [4.78, 5) is 16.1. The van der Waals surface area contributed by atoms with Crippen molar-refractivity contribution in [2.24, 2.45) is 0 Å². The molecule has 0 atom stereocenters. The van der Waals surface area contributed by atoms with Crippen LogP contribution in [0.15, 0.2) is 38.6 Å². The van der Waals surface area contributed by atoms with Gasteiger partial charge in [0.2, 0.25) is 0 Å². The molecule has 0 spiro atoms. The quantitative estimate of drug-likeness (QED) is 0.609. The van der Waals surface area contributed by atoms with Gasteiger partial charge in [-0.05, 0) is 34.1 Å². The van der Waals surface area contributed by atoms with Gasteiger partial charge in [-0.15, -0.1) is 11.3 Å². The Bertz CT molecular complexity index is 543. The molecule has 0 bridgehead atoms. The number of halogens is 1. The van der Waals surface area contributed by atoms with E-state index in [1.165, 1.54) is 23.1 Å². The third-order valence-corrected chi connectivity index (χ3v) is 4.80. The summed E-state index contributed by atoms with van der Waals surface area (Å²) in [5.41, 5.74) is 0.673. The van der Waals surface area contributed by atoms with Gasteiger partial charge in [-0.2, -0.15) is 0 Å². The highest BCUT2D eigenvalue weighted by Crippen LogP contribution is 2.27. The van der Waals surface area contributed by atoms with E-state index in [4.69, 9.17) is 4.74 Å². The molecule has 0 aliphatic carbocycles. The van der Waals surface area contributed by atoms with Gasteiger partial charge in [-0.3, -0.25) is 4.79 Å². The molecule has 0 saturated heterocycles. The fourth-order valence-electron chi connectivity index (χ4n) is 1.33. The molecule has 1 heterocycles. The topological polar surface area (TPSA) is 39.2 Å². The van der Waals surface area contributed by atoms with Crippen LogP contribution in [0, 0.1) is 0 Å². The number of ketones is 1. The molecule has 0 N–H and O–H groups in total. The first kappa shape index (κ1) is 13.6. The number of rotatable bonds is 5. The lowest BCUT2D eigenvalue weighted by Crippen LogP contribution is -2.02. The molecule has 94 valence electrons. The van der Waals surface area contributed by atoms with Crippen LogP contribution in [-0.4, -0.2) is 23.6 Å². The molecule has 0 unspecified atom stereocenters. The number of Topliss-reactive ketones (excluding diaryl/α,β-unsaturated/α-hetero) is 1. The second-order valence-corrected chi connectivity index (χ2v) is 6.33. The molecule has 2 rings (SSSR count). The van der Waals surface area contributed by atoms with Crippen LogP contribution in [0.2, 0.25) is 0 Å². The Hall–Kier alpha value is -0.850. The second kappa shape index (κ2) is 6.36. The number of ether oxygens (including phenoxy) is 1. The predicted octanol–water partition coefficient (Wildman–Crippen LogP) is 3.89. The molecule has 0 aliphatic heterocycles. The van der Waals surface area contributed by atoms with Crippen LogP contribution in [-0.2, 0) is 0 Å². The Balaban J connectivity index is 2.02. The first-order valence-electron chi connectivity index (χ1n) is 5.09. The average molecular weight is 344 g/mol. The highest BCUT2D eigenvalue weighted by atomic mass is 79.9. The highest BCUT2D eigenvalue weighted by Gasteiger charge is 2.10. The molecule has 2 aromatic rings. The molecule has 0 aliphatic rings. The van der Waals surface area contributed by atoms with Crippen molar-refractivity contribution in [1.82, 2.24) is 4.98 Å². The van der Waals surface area contributed by atoms with Gasteiger partial charge in [0.15, 0.2) is 5.78 Å². The lowest BCUT2D eigenvalue weighted by molar-refractivity contribution is 0.102. The number of carbonyl (C=O) groups excluding carboxylic acids is 1. The minimum Gasteiger partial charge on any atom is -0.496 e. The van der Waals surface area contributed by atoms with Gasteiger partial charge in [-0.25, -0.2) is 4.98 Å². The number of thioether (sulfide) groups is 1. The molecule has 6 heteroatoms. The molecule has 0 amide bonds. The zero-order valence-electron chi connectivity index (χ0n) is 9.55. The number of benzene rings is 1. The number of hydrogen-bond donors (Lipinski definition) is 0. The standard InChI is InChI=1S/C12H10BrNO2S2/c1-16-11-3-2-8(6-9(11)13)10(15)7-18-12-14-4-5-17-12/h2-6H,7H2,1H3. The number of hydrogen-bond acceptors (Lipinski definition) is 5. The van der Waals surface area contributed by atoms with E-state index in [2.05, 4.69) is 20.9 Å². The first-order valence-corrected chi connectivity index (χ1v) is 7.75. The maximum absolute atomic E-state index is 12.0. The molecular formula is C12H10BrNO2S2. The Morgan fingerprint density at radius 2 is 2.39 bits per heavy atom. The van der Waals surface area contributed by atoms with Crippen LogP contribution in [0.3, 0.4) is 0 Å².